The fourth-order valence-electron chi connectivity index (χ4n) is 2.63. The number of nitrogens with one attached hydrogen (secondary N) is 3. The fraction of sp³-hybridized carbons (Fsp3) is 0.389. The van der Waals surface area contributed by atoms with E-state index in [1.54, 1.807) is 36.1 Å². The molecule has 176 valence electrons. The van der Waals surface area contributed by atoms with Crippen LogP contribution in [0.3, 0.4) is 0 Å². The standard InChI is InChI=1S/C16H21N5O4.C2HF3O2/c1-9(8-13(22)23)19-16(25)20-12-6-7-21(15(12)24)11-4-2-10(3-5-11)14(17)18;3-2(4,5)1(6)7/h2-5,9,12H,6-8H2,1H3,(H3,17,18)(H,22,23)(H2,19,20,25);(H,6,7)/t9?,12-;/m1./s1. The predicted octanol–water partition coefficient (Wildman–Crippen LogP) is 0.872. The van der Waals surface area contributed by atoms with Crippen molar-refractivity contribution in [2.24, 2.45) is 5.73 Å². The highest BCUT2D eigenvalue weighted by Crippen LogP contribution is 2.22. The maximum atomic E-state index is 12.4. The molecule has 32 heavy (non-hydrogen) atoms. The third-order valence-corrected chi connectivity index (χ3v) is 4.10. The number of carboxylic acid groups (broad SMARTS) is 2. The average Bonchev–Trinajstić information content (AvgIpc) is 3.01. The number of nitrogen functional groups attached to an aromatic ring is 1. The first-order chi connectivity index (χ1) is 14.7. The molecule has 1 fully saturated rings. The number of aliphatic carboxylic acids is 2. The van der Waals surface area contributed by atoms with Crippen LogP contribution in [0.15, 0.2) is 24.3 Å². The number of anilines is 1. The molecule has 1 aromatic carbocycles. The van der Waals surface area contributed by atoms with Crippen LogP contribution >= 0.6 is 0 Å². The van der Waals surface area contributed by atoms with Gasteiger partial charge in [-0.15, -0.1) is 0 Å². The third kappa shape index (κ3) is 8.12. The molecule has 0 radical (unpaired) electrons. The van der Waals surface area contributed by atoms with Gasteiger partial charge in [0, 0.05) is 23.8 Å². The number of halogens is 3. The first-order valence-electron chi connectivity index (χ1n) is 9.07. The predicted molar refractivity (Wildman–Crippen MR) is 105 cm³/mol. The summed E-state index contributed by atoms with van der Waals surface area (Å²) in [6, 6.07) is 4.95. The molecule has 0 saturated carbocycles. The largest absolute Gasteiger partial charge is 0.490 e. The van der Waals surface area contributed by atoms with Gasteiger partial charge >= 0.3 is 24.1 Å². The van der Waals surface area contributed by atoms with Gasteiger partial charge in [-0.05, 0) is 37.6 Å². The Morgan fingerprint density at radius 1 is 1.25 bits per heavy atom. The van der Waals surface area contributed by atoms with Crippen molar-refractivity contribution in [1.29, 1.82) is 5.41 Å². The van der Waals surface area contributed by atoms with Crippen molar-refractivity contribution in [3.63, 3.8) is 0 Å². The van der Waals surface area contributed by atoms with Crippen LogP contribution in [0.25, 0.3) is 0 Å². The Kier molecular flexibility index (Phi) is 8.98. The lowest BCUT2D eigenvalue weighted by atomic mass is 10.2. The Bertz CT molecular complexity index is 875. The van der Waals surface area contributed by atoms with Crippen LogP contribution in [0.2, 0.25) is 0 Å². The van der Waals surface area contributed by atoms with Gasteiger partial charge in [-0.25, -0.2) is 9.59 Å². The second-order valence-corrected chi connectivity index (χ2v) is 6.71. The second kappa shape index (κ2) is 11.0. The van der Waals surface area contributed by atoms with Gasteiger partial charge < -0.3 is 31.5 Å². The molecule has 1 aromatic rings. The molecule has 0 bridgehead atoms. The first-order valence-corrected chi connectivity index (χ1v) is 9.07. The van der Waals surface area contributed by atoms with E-state index in [9.17, 15) is 27.6 Å². The van der Waals surface area contributed by atoms with Gasteiger partial charge in [0.05, 0.1) is 6.42 Å². The topological polar surface area (TPSA) is 186 Å². The molecule has 1 aliphatic heterocycles. The molecule has 2 rings (SSSR count). The number of nitrogens with zero attached hydrogens (tertiary/aromatic N) is 1. The highest BCUT2D eigenvalue weighted by atomic mass is 19.4. The van der Waals surface area contributed by atoms with Crippen LogP contribution in [0, 0.1) is 5.41 Å². The summed E-state index contributed by atoms with van der Waals surface area (Å²) < 4.78 is 31.7. The maximum Gasteiger partial charge on any atom is 0.490 e. The van der Waals surface area contributed by atoms with Gasteiger partial charge in [-0.1, -0.05) is 0 Å². The monoisotopic (exact) mass is 461 g/mol. The number of rotatable bonds is 6. The lowest BCUT2D eigenvalue weighted by molar-refractivity contribution is -0.192. The van der Waals surface area contributed by atoms with Crippen LogP contribution in [0.5, 0.6) is 0 Å². The summed E-state index contributed by atoms with van der Waals surface area (Å²) in [7, 11) is 0. The normalized spacial score (nSPS) is 16.4. The van der Waals surface area contributed by atoms with E-state index in [0.717, 1.165) is 0 Å². The van der Waals surface area contributed by atoms with Gasteiger partial charge in [0.15, 0.2) is 0 Å². The van der Waals surface area contributed by atoms with Gasteiger partial charge in [0.2, 0.25) is 5.91 Å². The van der Waals surface area contributed by atoms with Crippen molar-refractivity contribution in [3.05, 3.63) is 29.8 Å². The smallest absolute Gasteiger partial charge is 0.481 e. The number of urea groups is 1. The zero-order chi connectivity index (χ0) is 24.6. The minimum absolute atomic E-state index is 0.0500. The van der Waals surface area contributed by atoms with Crippen molar-refractivity contribution in [2.45, 2.75) is 38.0 Å². The molecule has 1 aliphatic rings. The van der Waals surface area contributed by atoms with Gasteiger partial charge in [0.1, 0.15) is 11.9 Å². The molecular formula is C18H22F3N5O6. The summed E-state index contributed by atoms with van der Waals surface area (Å²) >= 11 is 0. The van der Waals surface area contributed by atoms with E-state index < -0.39 is 36.2 Å². The molecule has 0 aromatic heterocycles. The summed E-state index contributed by atoms with van der Waals surface area (Å²) in [5.74, 6) is -4.06. The van der Waals surface area contributed by atoms with Crippen molar-refractivity contribution in [2.75, 3.05) is 11.4 Å². The second-order valence-electron chi connectivity index (χ2n) is 6.71. The molecule has 1 saturated heterocycles. The molecular weight excluding hydrogens is 439 g/mol. The lowest BCUT2D eigenvalue weighted by Crippen LogP contribution is -2.48. The Morgan fingerprint density at radius 3 is 2.22 bits per heavy atom. The molecule has 14 heteroatoms. The quantitative estimate of drug-likeness (QED) is 0.268. The minimum Gasteiger partial charge on any atom is -0.481 e. The van der Waals surface area contributed by atoms with E-state index in [1.165, 1.54) is 0 Å². The molecule has 2 atom stereocenters. The number of alkyl halides is 3. The molecule has 3 amide bonds. The van der Waals surface area contributed by atoms with E-state index in [0.29, 0.717) is 24.2 Å². The highest BCUT2D eigenvalue weighted by Gasteiger charge is 2.38. The molecule has 7 N–H and O–H groups in total. The number of amidine groups is 1. The van der Waals surface area contributed by atoms with E-state index in [2.05, 4.69) is 10.6 Å². The molecule has 1 unspecified atom stereocenters. The van der Waals surface area contributed by atoms with Crippen molar-refractivity contribution >= 4 is 35.4 Å². The Labute approximate surface area is 179 Å². The lowest BCUT2D eigenvalue weighted by Gasteiger charge is -2.18. The molecule has 0 spiro atoms. The van der Waals surface area contributed by atoms with Gasteiger partial charge in [-0.2, -0.15) is 13.2 Å². The average molecular weight is 461 g/mol. The van der Waals surface area contributed by atoms with Crippen molar-refractivity contribution in [3.8, 4) is 0 Å². The summed E-state index contributed by atoms with van der Waals surface area (Å²) in [5.41, 5.74) is 6.64. The van der Waals surface area contributed by atoms with Crippen LogP contribution in [0.1, 0.15) is 25.3 Å². The van der Waals surface area contributed by atoms with Gasteiger partial charge in [0.25, 0.3) is 0 Å². The van der Waals surface area contributed by atoms with Gasteiger partial charge in [-0.3, -0.25) is 15.0 Å². The highest BCUT2D eigenvalue weighted by molar-refractivity contribution is 6.02. The van der Waals surface area contributed by atoms with Crippen molar-refractivity contribution in [1.82, 2.24) is 10.6 Å². The van der Waals surface area contributed by atoms with E-state index >= 15 is 0 Å². The SMILES string of the molecule is CC(CC(=O)O)NC(=O)N[C@@H]1CCN(c2ccc(C(=N)N)cc2)C1=O.O=C(O)C(F)(F)F. The molecule has 0 aliphatic carbocycles. The maximum absolute atomic E-state index is 12.4. The Balaban J connectivity index is 0.000000633. The summed E-state index contributed by atoms with van der Waals surface area (Å²) in [6.45, 7) is 2.03. The number of nitrogens with two attached hydrogens (primary N) is 1. The minimum atomic E-state index is -5.08. The van der Waals surface area contributed by atoms with Crippen LogP contribution in [-0.4, -0.2) is 64.7 Å². The number of carbonyl (C=O) groups is 4. The number of carboxylic acids is 2. The number of hydrogen-bond donors (Lipinski definition) is 6. The Morgan fingerprint density at radius 2 is 1.78 bits per heavy atom. The van der Waals surface area contributed by atoms with E-state index in [-0.39, 0.29) is 18.2 Å². The summed E-state index contributed by atoms with van der Waals surface area (Å²) in [6.07, 6.45) is -4.82. The van der Waals surface area contributed by atoms with E-state index in [4.69, 9.17) is 26.2 Å². The van der Waals surface area contributed by atoms with Crippen LogP contribution in [0.4, 0.5) is 23.7 Å². The number of hydrogen-bond acceptors (Lipinski definition) is 5. The third-order valence-electron chi connectivity index (χ3n) is 4.10. The van der Waals surface area contributed by atoms with E-state index in [1.807, 2.05) is 0 Å². The number of amides is 3. The number of carbonyl (C=O) groups excluding carboxylic acids is 2. The Hall–Kier alpha value is -3.84. The summed E-state index contributed by atoms with van der Waals surface area (Å²) in [5, 5.41) is 28.2. The number of benzene rings is 1. The van der Waals surface area contributed by atoms with Crippen LogP contribution < -0.4 is 21.3 Å². The molecule has 1 heterocycles. The zero-order valence-electron chi connectivity index (χ0n) is 16.8. The van der Waals surface area contributed by atoms with Crippen molar-refractivity contribution < 1.29 is 42.6 Å². The van der Waals surface area contributed by atoms with Crippen LogP contribution in [-0.2, 0) is 14.4 Å². The summed E-state index contributed by atoms with van der Waals surface area (Å²) in [4.78, 5) is 45.4. The first kappa shape index (κ1) is 26.2. The zero-order valence-corrected chi connectivity index (χ0v) is 16.8. The fourth-order valence-corrected chi connectivity index (χ4v) is 2.63. The molecule has 11 nitrogen and oxygen atoms in total.